The lowest BCUT2D eigenvalue weighted by Crippen LogP contribution is -2.40. The van der Waals surface area contributed by atoms with Crippen LogP contribution in [0.5, 0.6) is 0 Å². The standard InChI is InChI=1S/C20H22N4OS/c1-2-14-6-3-8-16(12-14)22-18(25)15-7-5-11-24(13-15)20-23-17-9-4-10-21-19(17)26-20/h3-4,6,8-10,12,15H,2,5,7,11,13H2,1H3,(H,22,25)/t15-/m0/s1. The molecule has 0 aliphatic carbocycles. The van der Waals surface area contributed by atoms with E-state index >= 15 is 0 Å². The van der Waals surface area contributed by atoms with E-state index in [0.717, 1.165) is 47.0 Å². The zero-order valence-electron chi connectivity index (χ0n) is 14.8. The van der Waals surface area contributed by atoms with Crippen molar-refractivity contribution < 1.29 is 4.79 Å². The molecule has 4 rings (SSSR count). The van der Waals surface area contributed by atoms with Crippen molar-refractivity contribution in [1.29, 1.82) is 0 Å². The summed E-state index contributed by atoms with van der Waals surface area (Å²) in [6.07, 6.45) is 4.67. The molecule has 1 fully saturated rings. The summed E-state index contributed by atoms with van der Waals surface area (Å²) in [5.41, 5.74) is 3.04. The Morgan fingerprint density at radius 1 is 1.35 bits per heavy atom. The van der Waals surface area contributed by atoms with Crippen LogP contribution < -0.4 is 10.2 Å². The predicted molar refractivity (Wildman–Crippen MR) is 107 cm³/mol. The van der Waals surface area contributed by atoms with E-state index in [1.54, 1.807) is 17.5 Å². The Labute approximate surface area is 157 Å². The molecule has 1 aliphatic rings. The number of thiazole rings is 1. The SMILES string of the molecule is CCc1cccc(NC(=O)[C@H]2CCCN(c3nc4cccnc4s3)C2)c1. The van der Waals surface area contributed by atoms with Crippen molar-refractivity contribution in [3.8, 4) is 0 Å². The second kappa shape index (κ2) is 7.41. The minimum absolute atomic E-state index is 0.0194. The summed E-state index contributed by atoms with van der Waals surface area (Å²) in [6.45, 7) is 3.76. The van der Waals surface area contributed by atoms with Gasteiger partial charge in [0.1, 0.15) is 10.3 Å². The van der Waals surface area contributed by atoms with Gasteiger partial charge in [0.25, 0.3) is 0 Å². The molecule has 2 aromatic heterocycles. The van der Waals surface area contributed by atoms with Gasteiger partial charge >= 0.3 is 0 Å². The average molecular weight is 366 g/mol. The number of fused-ring (bicyclic) bond motifs is 1. The van der Waals surface area contributed by atoms with Gasteiger partial charge in [0, 0.05) is 25.0 Å². The molecule has 5 nitrogen and oxygen atoms in total. The van der Waals surface area contributed by atoms with Crippen molar-refractivity contribution in [2.75, 3.05) is 23.3 Å². The van der Waals surface area contributed by atoms with Crippen molar-refractivity contribution in [2.45, 2.75) is 26.2 Å². The van der Waals surface area contributed by atoms with Crippen molar-refractivity contribution in [1.82, 2.24) is 9.97 Å². The molecule has 0 unspecified atom stereocenters. The Morgan fingerprint density at radius 2 is 2.27 bits per heavy atom. The Kier molecular flexibility index (Phi) is 4.84. The third-order valence-electron chi connectivity index (χ3n) is 4.82. The Bertz CT molecular complexity index is 890. The van der Waals surface area contributed by atoms with Crippen molar-refractivity contribution in [3.05, 3.63) is 48.2 Å². The van der Waals surface area contributed by atoms with Gasteiger partial charge in [0.05, 0.1) is 5.92 Å². The van der Waals surface area contributed by atoms with Crippen LogP contribution >= 0.6 is 11.3 Å². The molecule has 0 saturated carbocycles. The fourth-order valence-corrected chi connectivity index (χ4v) is 4.32. The number of aromatic nitrogens is 2. The number of carbonyl (C=O) groups excluding carboxylic acids is 1. The molecule has 1 atom stereocenters. The summed E-state index contributed by atoms with van der Waals surface area (Å²) in [5, 5.41) is 4.05. The first-order valence-electron chi connectivity index (χ1n) is 9.09. The van der Waals surface area contributed by atoms with E-state index in [0.29, 0.717) is 6.54 Å². The number of hydrogen-bond donors (Lipinski definition) is 1. The summed E-state index contributed by atoms with van der Waals surface area (Å²) >= 11 is 1.60. The molecule has 0 spiro atoms. The number of pyridine rings is 1. The molecule has 1 N–H and O–H groups in total. The van der Waals surface area contributed by atoms with Crippen molar-refractivity contribution >= 4 is 38.4 Å². The highest BCUT2D eigenvalue weighted by Crippen LogP contribution is 2.30. The highest BCUT2D eigenvalue weighted by atomic mass is 32.1. The first-order valence-corrected chi connectivity index (χ1v) is 9.91. The van der Waals surface area contributed by atoms with E-state index in [1.807, 2.05) is 24.3 Å². The van der Waals surface area contributed by atoms with Gasteiger partial charge < -0.3 is 10.2 Å². The van der Waals surface area contributed by atoms with Crippen LogP contribution in [0.3, 0.4) is 0 Å². The first-order chi connectivity index (χ1) is 12.7. The Morgan fingerprint density at radius 3 is 3.12 bits per heavy atom. The van der Waals surface area contributed by atoms with Crippen molar-refractivity contribution in [3.63, 3.8) is 0 Å². The lowest BCUT2D eigenvalue weighted by molar-refractivity contribution is -0.120. The van der Waals surface area contributed by atoms with Gasteiger partial charge in [0.15, 0.2) is 5.13 Å². The minimum Gasteiger partial charge on any atom is -0.347 e. The maximum absolute atomic E-state index is 12.7. The van der Waals surface area contributed by atoms with Gasteiger partial charge in [-0.05, 0) is 49.1 Å². The number of aryl methyl sites for hydroxylation is 1. The van der Waals surface area contributed by atoms with Crippen LogP contribution in [0.2, 0.25) is 0 Å². The van der Waals surface area contributed by atoms with Gasteiger partial charge in [0.2, 0.25) is 5.91 Å². The van der Waals surface area contributed by atoms with E-state index in [2.05, 4.69) is 39.2 Å². The number of piperidine rings is 1. The quantitative estimate of drug-likeness (QED) is 0.755. The van der Waals surface area contributed by atoms with E-state index in [-0.39, 0.29) is 11.8 Å². The molecule has 134 valence electrons. The van der Waals surface area contributed by atoms with Crippen LogP contribution in [0.25, 0.3) is 10.3 Å². The number of rotatable bonds is 4. The molecular formula is C20H22N4OS. The lowest BCUT2D eigenvalue weighted by Gasteiger charge is -2.31. The second-order valence-electron chi connectivity index (χ2n) is 6.65. The molecule has 26 heavy (non-hydrogen) atoms. The highest BCUT2D eigenvalue weighted by molar-refractivity contribution is 7.21. The minimum atomic E-state index is -0.0194. The van der Waals surface area contributed by atoms with Gasteiger partial charge in [-0.25, -0.2) is 9.97 Å². The molecule has 3 heterocycles. The van der Waals surface area contributed by atoms with E-state index in [4.69, 9.17) is 0 Å². The number of carbonyl (C=O) groups is 1. The molecule has 1 aromatic carbocycles. The van der Waals surface area contributed by atoms with Gasteiger partial charge in [-0.15, -0.1) is 0 Å². The summed E-state index contributed by atoms with van der Waals surface area (Å²) in [4.78, 5) is 25.0. The average Bonchev–Trinajstić information content (AvgIpc) is 3.12. The molecule has 0 radical (unpaired) electrons. The van der Waals surface area contributed by atoms with Crippen LogP contribution in [0.1, 0.15) is 25.3 Å². The number of nitrogens with zero attached hydrogens (tertiary/aromatic N) is 3. The normalized spacial score (nSPS) is 17.4. The highest BCUT2D eigenvalue weighted by Gasteiger charge is 2.27. The van der Waals surface area contributed by atoms with Crippen LogP contribution in [-0.4, -0.2) is 29.0 Å². The second-order valence-corrected chi connectivity index (χ2v) is 7.61. The molecule has 1 amide bonds. The van der Waals surface area contributed by atoms with E-state index in [9.17, 15) is 4.79 Å². The summed E-state index contributed by atoms with van der Waals surface area (Å²) < 4.78 is 0. The molecule has 1 aliphatic heterocycles. The number of anilines is 2. The summed E-state index contributed by atoms with van der Waals surface area (Å²) in [7, 11) is 0. The smallest absolute Gasteiger partial charge is 0.229 e. The fourth-order valence-electron chi connectivity index (χ4n) is 3.37. The maximum atomic E-state index is 12.7. The molecule has 0 bridgehead atoms. The van der Waals surface area contributed by atoms with E-state index < -0.39 is 0 Å². The number of nitrogens with one attached hydrogen (secondary N) is 1. The van der Waals surface area contributed by atoms with Gasteiger partial charge in [-0.2, -0.15) is 0 Å². The number of benzene rings is 1. The molecule has 1 saturated heterocycles. The largest absolute Gasteiger partial charge is 0.347 e. The zero-order valence-corrected chi connectivity index (χ0v) is 15.6. The van der Waals surface area contributed by atoms with Gasteiger partial charge in [-0.1, -0.05) is 30.4 Å². The van der Waals surface area contributed by atoms with Gasteiger partial charge in [-0.3, -0.25) is 4.79 Å². The van der Waals surface area contributed by atoms with Crippen LogP contribution in [-0.2, 0) is 11.2 Å². The van der Waals surface area contributed by atoms with Crippen LogP contribution in [0.15, 0.2) is 42.6 Å². The zero-order chi connectivity index (χ0) is 17.9. The third kappa shape index (κ3) is 3.55. The monoisotopic (exact) mass is 366 g/mol. The maximum Gasteiger partial charge on any atom is 0.229 e. The van der Waals surface area contributed by atoms with Crippen LogP contribution in [0.4, 0.5) is 10.8 Å². The fraction of sp³-hybridized carbons (Fsp3) is 0.350. The number of hydrogen-bond acceptors (Lipinski definition) is 5. The first kappa shape index (κ1) is 17.0. The summed E-state index contributed by atoms with van der Waals surface area (Å²) in [5.74, 6) is 0.0798. The topological polar surface area (TPSA) is 58.1 Å². The third-order valence-corrected chi connectivity index (χ3v) is 5.86. The molecular weight excluding hydrogens is 344 g/mol. The van der Waals surface area contributed by atoms with E-state index in [1.165, 1.54) is 5.56 Å². The van der Waals surface area contributed by atoms with Crippen molar-refractivity contribution in [2.24, 2.45) is 5.92 Å². The predicted octanol–water partition coefficient (Wildman–Crippen LogP) is 4.11. The lowest BCUT2D eigenvalue weighted by atomic mass is 9.97. The summed E-state index contributed by atoms with van der Waals surface area (Å²) in [6, 6.07) is 12.0. The molecule has 3 aromatic rings. The Balaban J connectivity index is 1.46. The van der Waals surface area contributed by atoms with Crippen LogP contribution in [0, 0.1) is 5.92 Å². The molecule has 6 heteroatoms. The Hall–Kier alpha value is -2.47. The number of amides is 1.